The number of nitrogens with zero attached hydrogens (tertiary/aromatic N) is 6. The van der Waals surface area contributed by atoms with Gasteiger partial charge in [-0.25, -0.2) is 9.97 Å². The Bertz CT molecular complexity index is 844. The van der Waals surface area contributed by atoms with Crippen molar-refractivity contribution in [3.8, 4) is 0 Å². The van der Waals surface area contributed by atoms with E-state index >= 15 is 0 Å². The first-order chi connectivity index (χ1) is 13.5. The largest absolute Gasteiger partial charge is 0.371 e. The first kappa shape index (κ1) is 18.5. The number of piperidine rings is 1. The number of pyridine rings is 1. The van der Waals surface area contributed by atoms with Crippen LogP contribution in [-0.4, -0.2) is 60.1 Å². The van der Waals surface area contributed by atoms with Gasteiger partial charge in [0, 0.05) is 57.2 Å². The molecule has 4 rings (SSSR count). The summed E-state index contributed by atoms with van der Waals surface area (Å²) in [6.07, 6.45) is 7.87. The van der Waals surface area contributed by atoms with E-state index in [-0.39, 0.29) is 0 Å². The summed E-state index contributed by atoms with van der Waals surface area (Å²) in [7, 11) is 4.00. The molecule has 1 aliphatic carbocycles. The molecule has 148 valence electrons. The molecule has 2 aliphatic rings. The molecule has 1 amide bonds. The summed E-state index contributed by atoms with van der Waals surface area (Å²) < 4.78 is 0. The highest BCUT2D eigenvalue weighted by Gasteiger charge is 2.36. The van der Waals surface area contributed by atoms with Gasteiger partial charge in [0.15, 0.2) is 0 Å². The van der Waals surface area contributed by atoms with Gasteiger partial charge in [-0.1, -0.05) is 0 Å². The van der Waals surface area contributed by atoms with Crippen molar-refractivity contribution in [2.45, 2.75) is 37.8 Å². The summed E-state index contributed by atoms with van der Waals surface area (Å²) in [4.78, 5) is 31.2. The van der Waals surface area contributed by atoms with Gasteiger partial charge in [0.2, 0.25) is 0 Å². The van der Waals surface area contributed by atoms with Crippen molar-refractivity contribution in [1.29, 1.82) is 0 Å². The zero-order chi connectivity index (χ0) is 19.7. The SMILES string of the molecule is CN(C)c1cc(N(C2CC2)C2CCN(c3ccnc(C(N)=O)c3)CC2)ncn1. The van der Waals surface area contributed by atoms with Crippen LogP contribution in [0.5, 0.6) is 0 Å². The Labute approximate surface area is 165 Å². The third-order valence-corrected chi connectivity index (χ3v) is 5.52. The lowest BCUT2D eigenvalue weighted by Gasteiger charge is -2.40. The normalized spacial score (nSPS) is 17.4. The summed E-state index contributed by atoms with van der Waals surface area (Å²) in [5, 5.41) is 0. The molecule has 28 heavy (non-hydrogen) atoms. The Morgan fingerprint density at radius 2 is 1.71 bits per heavy atom. The number of rotatable bonds is 6. The molecule has 0 bridgehead atoms. The Hall–Kier alpha value is -2.90. The summed E-state index contributed by atoms with van der Waals surface area (Å²) in [6.45, 7) is 1.86. The quantitative estimate of drug-likeness (QED) is 0.814. The van der Waals surface area contributed by atoms with E-state index in [1.807, 2.05) is 25.1 Å². The molecule has 2 aromatic heterocycles. The van der Waals surface area contributed by atoms with E-state index in [2.05, 4.69) is 30.8 Å². The smallest absolute Gasteiger partial charge is 0.267 e. The van der Waals surface area contributed by atoms with Gasteiger partial charge in [0.05, 0.1) is 0 Å². The number of aromatic nitrogens is 3. The summed E-state index contributed by atoms with van der Waals surface area (Å²) in [6, 6.07) is 6.87. The van der Waals surface area contributed by atoms with Crippen molar-refractivity contribution >= 4 is 23.2 Å². The first-order valence-corrected chi connectivity index (χ1v) is 9.81. The molecular formula is C20H27N7O. The zero-order valence-corrected chi connectivity index (χ0v) is 16.5. The highest BCUT2D eigenvalue weighted by molar-refractivity contribution is 5.91. The second-order valence-corrected chi connectivity index (χ2v) is 7.75. The molecule has 1 saturated heterocycles. The van der Waals surface area contributed by atoms with Crippen molar-refractivity contribution in [2.24, 2.45) is 5.73 Å². The Kier molecular flexibility index (Phi) is 5.02. The Morgan fingerprint density at radius 3 is 2.36 bits per heavy atom. The number of hydrogen-bond donors (Lipinski definition) is 1. The van der Waals surface area contributed by atoms with E-state index in [9.17, 15) is 4.79 Å². The first-order valence-electron chi connectivity index (χ1n) is 9.81. The van der Waals surface area contributed by atoms with Gasteiger partial charge in [0.1, 0.15) is 23.7 Å². The minimum Gasteiger partial charge on any atom is -0.371 e. The van der Waals surface area contributed by atoms with Gasteiger partial charge in [-0.2, -0.15) is 0 Å². The van der Waals surface area contributed by atoms with Gasteiger partial charge in [-0.15, -0.1) is 0 Å². The summed E-state index contributed by atoms with van der Waals surface area (Å²) in [5.74, 6) is 1.47. The maximum atomic E-state index is 11.4. The zero-order valence-electron chi connectivity index (χ0n) is 16.5. The Morgan fingerprint density at radius 1 is 1.04 bits per heavy atom. The average Bonchev–Trinajstić information content (AvgIpc) is 3.54. The van der Waals surface area contributed by atoms with Gasteiger partial charge >= 0.3 is 0 Å². The number of nitrogens with two attached hydrogens (primary N) is 1. The number of primary amides is 1. The fourth-order valence-corrected chi connectivity index (χ4v) is 3.90. The average molecular weight is 381 g/mol. The molecule has 0 atom stereocenters. The number of carbonyl (C=O) groups is 1. The minimum atomic E-state index is -0.489. The van der Waals surface area contributed by atoms with Crippen LogP contribution < -0.4 is 20.4 Å². The highest BCUT2D eigenvalue weighted by Crippen LogP contribution is 2.36. The third-order valence-electron chi connectivity index (χ3n) is 5.52. The molecule has 2 aromatic rings. The summed E-state index contributed by atoms with van der Waals surface area (Å²) >= 11 is 0. The van der Waals surface area contributed by atoms with Crippen LogP contribution in [0.3, 0.4) is 0 Å². The molecule has 8 nitrogen and oxygen atoms in total. The fraction of sp³-hybridized carbons (Fsp3) is 0.500. The number of amides is 1. The monoisotopic (exact) mass is 381 g/mol. The van der Waals surface area contributed by atoms with E-state index in [0.717, 1.165) is 43.3 Å². The highest BCUT2D eigenvalue weighted by atomic mass is 16.1. The maximum Gasteiger partial charge on any atom is 0.267 e. The second-order valence-electron chi connectivity index (χ2n) is 7.75. The number of anilines is 3. The molecule has 2 N–H and O–H groups in total. The lowest BCUT2D eigenvalue weighted by molar-refractivity contribution is 0.0995. The number of carbonyl (C=O) groups excluding carboxylic acids is 1. The van der Waals surface area contributed by atoms with Crippen LogP contribution in [0, 0.1) is 0 Å². The minimum absolute atomic E-state index is 0.316. The Balaban J connectivity index is 1.48. The van der Waals surface area contributed by atoms with Crippen LogP contribution in [0.4, 0.5) is 17.3 Å². The summed E-state index contributed by atoms with van der Waals surface area (Å²) in [5.41, 5.74) is 6.70. The third kappa shape index (κ3) is 3.85. The van der Waals surface area contributed by atoms with Crippen LogP contribution in [0.1, 0.15) is 36.2 Å². The van der Waals surface area contributed by atoms with Gasteiger partial charge < -0.3 is 20.4 Å². The lowest BCUT2D eigenvalue weighted by Crippen LogP contribution is -2.46. The van der Waals surface area contributed by atoms with Crippen LogP contribution in [0.15, 0.2) is 30.7 Å². The van der Waals surface area contributed by atoms with Crippen LogP contribution >= 0.6 is 0 Å². The van der Waals surface area contributed by atoms with Crippen molar-refractivity contribution in [2.75, 3.05) is 41.9 Å². The van der Waals surface area contributed by atoms with E-state index in [1.54, 1.807) is 18.6 Å². The van der Waals surface area contributed by atoms with E-state index in [4.69, 9.17) is 5.73 Å². The number of hydrogen-bond acceptors (Lipinski definition) is 7. The van der Waals surface area contributed by atoms with Gasteiger partial charge in [0.25, 0.3) is 5.91 Å². The molecule has 8 heteroatoms. The predicted molar refractivity (Wildman–Crippen MR) is 110 cm³/mol. The maximum absolute atomic E-state index is 11.4. The van der Waals surface area contributed by atoms with Gasteiger partial charge in [-0.3, -0.25) is 9.78 Å². The van der Waals surface area contributed by atoms with Crippen LogP contribution in [0.25, 0.3) is 0 Å². The van der Waals surface area contributed by atoms with E-state index in [1.165, 1.54) is 12.8 Å². The van der Waals surface area contributed by atoms with E-state index in [0.29, 0.717) is 17.8 Å². The van der Waals surface area contributed by atoms with Gasteiger partial charge in [-0.05, 0) is 37.8 Å². The molecule has 2 fully saturated rings. The molecule has 0 radical (unpaired) electrons. The standard InChI is InChI=1S/C20H27N7O/c1-25(2)18-12-19(24-13-23-18)27(14-3-4-14)15-6-9-26(10-7-15)16-5-8-22-17(11-16)20(21)28/h5,8,11-15H,3-4,6-7,9-10H2,1-2H3,(H2,21,28). The molecule has 1 aliphatic heterocycles. The molecule has 0 spiro atoms. The van der Waals surface area contributed by atoms with Crippen molar-refractivity contribution in [3.63, 3.8) is 0 Å². The topological polar surface area (TPSA) is 91.5 Å². The molecule has 3 heterocycles. The molecule has 0 aromatic carbocycles. The predicted octanol–water partition coefficient (Wildman–Crippen LogP) is 1.67. The van der Waals surface area contributed by atoms with Crippen molar-refractivity contribution in [3.05, 3.63) is 36.4 Å². The van der Waals surface area contributed by atoms with E-state index < -0.39 is 5.91 Å². The van der Waals surface area contributed by atoms with Crippen molar-refractivity contribution < 1.29 is 4.79 Å². The fourth-order valence-electron chi connectivity index (χ4n) is 3.90. The molecular weight excluding hydrogens is 354 g/mol. The van der Waals surface area contributed by atoms with Crippen molar-refractivity contribution in [1.82, 2.24) is 15.0 Å². The second kappa shape index (κ2) is 7.61. The molecule has 0 unspecified atom stereocenters. The lowest BCUT2D eigenvalue weighted by atomic mass is 10.0. The molecule has 1 saturated carbocycles. The van der Waals surface area contributed by atoms with Crippen LogP contribution in [-0.2, 0) is 0 Å². The van der Waals surface area contributed by atoms with Crippen LogP contribution in [0.2, 0.25) is 0 Å².